The van der Waals surface area contributed by atoms with E-state index in [0.717, 1.165) is 12.3 Å². The van der Waals surface area contributed by atoms with Crippen LogP contribution in [0.15, 0.2) is 4.99 Å². The molecule has 76 valence electrons. The summed E-state index contributed by atoms with van der Waals surface area (Å²) < 4.78 is 0. The van der Waals surface area contributed by atoms with Crippen molar-refractivity contribution in [3.8, 4) is 0 Å². The minimum Gasteiger partial charge on any atom is -0.356 e. The van der Waals surface area contributed by atoms with Crippen molar-refractivity contribution >= 4 is 11.7 Å². The summed E-state index contributed by atoms with van der Waals surface area (Å²) >= 11 is 0. The first kappa shape index (κ1) is 11.9. The van der Waals surface area contributed by atoms with E-state index in [9.17, 15) is 0 Å². The lowest BCUT2D eigenvalue weighted by Crippen LogP contribution is -2.38. The second kappa shape index (κ2) is 6.46. The van der Waals surface area contributed by atoms with Crippen molar-refractivity contribution in [3.63, 3.8) is 0 Å². The van der Waals surface area contributed by atoms with E-state index in [2.05, 4.69) is 29.5 Å². The van der Waals surface area contributed by atoms with Gasteiger partial charge in [0.05, 0.1) is 0 Å². The predicted octanol–water partition coefficient (Wildman–Crippen LogP) is 1.19. The summed E-state index contributed by atoms with van der Waals surface area (Å²) in [6, 6.07) is 0. The SMILES string of the molecule is CC(C)=NCNC(=N)NCC(C)C. The fourth-order valence-electron chi connectivity index (χ4n) is 0.645. The van der Waals surface area contributed by atoms with Gasteiger partial charge in [0.2, 0.25) is 0 Å². The quantitative estimate of drug-likeness (QED) is 0.454. The molecule has 0 aliphatic heterocycles. The third kappa shape index (κ3) is 8.85. The highest BCUT2D eigenvalue weighted by Crippen LogP contribution is 1.85. The van der Waals surface area contributed by atoms with Crippen LogP contribution in [-0.2, 0) is 0 Å². The Labute approximate surface area is 80.3 Å². The molecule has 0 bridgehead atoms. The molecule has 0 aromatic heterocycles. The van der Waals surface area contributed by atoms with Crippen LogP contribution in [0.3, 0.4) is 0 Å². The minimum atomic E-state index is 0.346. The molecule has 0 saturated carbocycles. The topological polar surface area (TPSA) is 60.3 Å². The van der Waals surface area contributed by atoms with Crippen molar-refractivity contribution in [2.45, 2.75) is 27.7 Å². The highest BCUT2D eigenvalue weighted by molar-refractivity contribution is 5.80. The van der Waals surface area contributed by atoms with Crippen LogP contribution < -0.4 is 10.6 Å². The molecule has 0 unspecified atom stereocenters. The number of rotatable bonds is 4. The van der Waals surface area contributed by atoms with Gasteiger partial charge in [-0.2, -0.15) is 0 Å². The second-order valence-corrected chi connectivity index (χ2v) is 3.59. The molecule has 0 heterocycles. The zero-order valence-corrected chi connectivity index (χ0v) is 8.94. The summed E-state index contributed by atoms with van der Waals surface area (Å²) in [5, 5.41) is 13.2. The lowest BCUT2D eigenvalue weighted by Gasteiger charge is -2.10. The summed E-state index contributed by atoms with van der Waals surface area (Å²) in [6.07, 6.45) is 0. The average molecular weight is 184 g/mol. The molecule has 0 spiro atoms. The Balaban J connectivity index is 3.47. The van der Waals surface area contributed by atoms with Crippen LogP contribution >= 0.6 is 0 Å². The Morgan fingerprint density at radius 3 is 2.38 bits per heavy atom. The molecule has 0 radical (unpaired) electrons. The van der Waals surface area contributed by atoms with Gasteiger partial charge in [0, 0.05) is 12.3 Å². The monoisotopic (exact) mass is 184 g/mol. The van der Waals surface area contributed by atoms with E-state index in [1.165, 1.54) is 0 Å². The Morgan fingerprint density at radius 1 is 1.31 bits per heavy atom. The fourth-order valence-corrected chi connectivity index (χ4v) is 0.645. The molecule has 0 fully saturated rings. The van der Waals surface area contributed by atoms with Gasteiger partial charge in [-0.25, -0.2) is 0 Å². The van der Waals surface area contributed by atoms with E-state index < -0.39 is 0 Å². The van der Waals surface area contributed by atoms with Crippen LogP contribution in [0, 0.1) is 11.3 Å². The second-order valence-electron chi connectivity index (χ2n) is 3.59. The van der Waals surface area contributed by atoms with Crippen LogP contribution in [0.2, 0.25) is 0 Å². The van der Waals surface area contributed by atoms with Crippen molar-refractivity contribution in [2.75, 3.05) is 13.2 Å². The average Bonchev–Trinajstić information content (AvgIpc) is 2.00. The molecular weight excluding hydrogens is 164 g/mol. The molecule has 4 nitrogen and oxygen atoms in total. The molecule has 3 N–H and O–H groups in total. The molecule has 4 heteroatoms. The van der Waals surface area contributed by atoms with Gasteiger partial charge in [0.15, 0.2) is 5.96 Å². The largest absolute Gasteiger partial charge is 0.356 e. The molecule has 13 heavy (non-hydrogen) atoms. The highest BCUT2D eigenvalue weighted by atomic mass is 15.2. The van der Waals surface area contributed by atoms with Crippen molar-refractivity contribution < 1.29 is 0 Å². The molecular formula is C9H20N4. The molecule has 0 saturated heterocycles. The van der Waals surface area contributed by atoms with Crippen LogP contribution in [0.25, 0.3) is 0 Å². The van der Waals surface area contributed by atoms with Gasteiger partial charge >= 0.3 is 0 Å². The van der Waals surface area contributed by atoms with E-state index in [-0.39, 0.29) is 0 Å². The summed E-state index contributed by atoms with van der Waals surface area (Å²) in [4.78, 5) is 4.12. The Hall–Kier alpha value is -1.06. The molecule has 0 atom stereocenters. The lowest BCUT2D eigenvalue weighted by molar-refractivity contribution is 0.614. The summed E-state index contributed by atoms with van der Waals surface area (Å²) in [5.41, 5.74) is 1.02. The summed E-state index contributed by atoms with van der Waals surface area (Å²) in [5.74, 6) is 0.900. The standard InChI is InChI=1S/C9H20N4/c1-7(2)5-11-9(10)13-6-12-8(3)4/h7H,5-6H2,1-4H3,(H3,10,11,13). The Bertz CT molecular complexity index is 180. The van der Waals surface area contributed by atoms with Crippen LogP contribution in [0.5, 0.6) is 0 Å². The number of nitrogens with zero attached hydrogens (tertiary/aromatic N) is 1. The lowest BCUT2D eigenvalue weighted by atomic mass is 10.2. The summed E-state index contributed by atoms with van der Waals surface area (Å²) in [7, 11) is 0. The van der Waals surface area contributed by atoms with Gasteiger partial charge in [-0.05, 0) is 19.8 Å². The predicted molar refractivity (Wildman–Crippen MR) is 57.4 cm³/mol. The Kier molecular flexibility index (Phi) is 5.93. The third-order valence-electron chi connectivity index (χ3n) is 1.34. The van der Waals surface area contributed by atoms with Gasteiger partial charge in [0.25, 0.3) is 0 Å². The first-order valence-electron chi connectivity index (χ1n) is 4.56. The smallest absolute Gasteiger partial charge is 0.189 e. The van der Waals surface area contributed by atoms with Gasteiger partial charge in [0.1, 0.15) is 6.67 Å². The number of hydrogen-bond acceptors (Lipinski definition) is 2. The van der Waals surface area contributed by atoms with E-state index in [4.69, 9.17) is 5.41 Å². The number of hydrogen-bond donors (Lipinski definition) is 3. The third-order valence-corrected chi connectivity index (χ3v) is 1.34. The molecule has 0 aromatic rings. The van der Waals surface area contributed by atoms with Gasteiger partial charge in [-0.15, -0.1) is 0 Å². The summed E-state index contributed by atoms with van der Waals surface area (Å²) in [6.45, 7) is 9.38. The zero-order chi connectivity index (χ0) is 10.3. The molecule has 0 aromatic carbocycles. The van der Waals surface area contributed by atoms with Crippen molar-refractivity contribution in [1.29, 1.82) is 5.41 Å². The first-order valence-corrected chi connectivity index (χ1v) is 4.56. The number of guanidine groups is 1. The molecule has 0 aliphatic rings. The minimum absolute atomic E-state index is 0.346. The maximum Gasteiger partial charge on any atom is 0.189 e. The Morgan fingerprint density at radius 2 is 1.92 bits per heavy atom. The zero-order valence-electron chi connectivity index (χ0n) is 8.94. The van der Waals surface area contributed by atoms with E-state index in [0.29, 0.717) is 18.5 Å². The molecule has 0 rings (SSSR count). The van der Waals surface area contributed by atoms with E-state index in [1.807, 2.05) is 13.8 Å². The van der Waals surface area contributed by atoms with Gasteiger partial charge < -0.3 is 10.6 Å². The number of nitrogens with one attached hydrogen (secondary N) is 3. The van der Waals surface area contributed by atoms with E-state index >= 15 is 0 Å². The highest BCUT2D eigenvalue weighted by Gasteiger charge is 1.95. The normalized spacial score (nSPS) is 9.62. The van der Waals surface area contributed by atoms with Crippen molar-refractivity contribution in [3.05, 3.63) is 0 Å². The molecule has 0 amide bonds. The first-order chi connectivity index (χ1) is 6.02. The van der Waals surface area contributed by atoms with Gasteiger partial charge in [-0.1, -0.05) is 13.8 Å². The van der Waals surface area contributed by atoms with Crippen molar-refractivity contribution in [2.24, 2.45) is 10.9 Å². The molecule has 0 aliphatic carbocycles. The van der Waals surface area contributed by atoms with Crippen LogP contribution in [0.4, 0.5) is 0 Å². The number of aliphatic imine (C=N–C) groups is 1. The van der Waals surface area contributed by atoms with Gasteiger partial charge in [-0.3, -0.25) is 10.4 Å². The maximum atomic E-state index is 7.43. The maximum absolute atomic E-state index is 7.43. The fraction of sp³-hybridized carbons (Fsp3) is 0.778. The van der Waals surface area contributed by atoms with Crippen molar-refractivity contribution in [1.82, 2.24) is 10.6 Å². The van der Waals surface area contributed by atoms with E-state index in [1.54, 1.807) is 0 Å². The van der Waals surface area contributed by atoms with Crippen LogP contribution in [0.1, 0.15) is 27.7 Å². The van der Waals surface area contributed by atoms with Crippen LogP contribution in [-0.4, -0.2) is 24.9 Å².